The Hall–Kier alpha value is -3.19. The Morgan fingerprint density at radius 1 is 1.14 bits per heavy atom. The van der Waals surface area contributed by atoms with Gasteiger partial charge in [0.15, 0.2) is 0 Å². The van der Waals surface area contributed by atoms with Crippen LogP contribution < -0.4 is 15.4 Å². The highest BCUT2D eigenvalue weighted by Gasteiger charge is 2.17. The minimum absolute atomic E-state index is 0.0999. The average molecular weight is 410 g/mol. The van der Waals surface area contributed by atoms with E-state index in [1.165, 1.54) is 13.3 Å². The van der Waals surface area contributed by atoms with E-state index in [1.807, 2.05) is 36.7 Å². The first-order valence-corrected chi connectivity index (χ1v) is 10.1. The maximum absolute atomic E-state index is 12.8. The zero-order chi connectivity index (χ0) is 21.0. The molecular weight excluding hydrogens is 386 g/mol. The average Bonchev–Trinajstić information content (AvgIpc) is 3.24. The number of nitrogens with zero attached hydrogens (tertiary/aromatic N) is 1. The van der Waals surface area contributed by atoms with E-state index in [0.29, 0.717) is 28.3 Å². The number of hydrogen-bond acceptors (Lipinski definition) is 5. The summed E-state index contributed by atoms with van der Waals surface area (Å²) >= 11 is 1.59. The van der Waals surface area contributed by atoms with Crippen LogP contribution in [0, 0.1) is 13.8 Å². The van der Waals surface area contributed by atoms with Crippen molar-refractivity contribution in [3.8, 4) is 5.75 Å². The van der Waals surface area contributed by atoms with Gasteiger partial charge in [-0.05, 0) is 66.9 Å². The van der Waals surface area contributed by atoms with Crippen molar-refractivity contribution in [2.75, 3.05) is 12.4 Å². The van der Waals surface area contributed by atoms with Crippen LogP contribution in [0.3, 0.4) is 0 Å². The molecule has 0 aliphatic rings. The second kappa shape index (κ2) is 8.87. The Morgan fingerprint density at radius 3 is 2.62 bits per heavy atom. The number of pyridine rings is 1. The summed E-state index contributed by atoms with van der Waals surface area (Å²) in [6.45, 7) is 5.62. The van der Waals surface area contributed by atoms with Crippen molar-refractivity contribution >= 4 is 28.8 Å². The van der Waals surface area contributed by atoms with Crippen LogP contribution in [0.4, 0.5) is 5.69 Å². The summed E-state index contributed by atoms with van der Waals surface area (Å²) in [5.74, 6) is -0.125. The summed E-state index contributed by atoms with van der Waals surface area (Å²) in [6.07, 6.45) is 1.52. The lowest BCUT2D eigenvalue weighted by molar-refractivity contribution is 0.0938. The predicted molar refractivity (Wildman–Crippen MR) is 115 cm³/mol. The van der Waals surface area contributed by atoms with E-state index in [-0.39, 0.29) is 17.9 Å². The van der Waals surface area contributed by atoms with Gasteiger partial charge < -0.3 is 15.4 Å². The largest absolute Gasteiger partial charge is 0.494 e. The van der Waals surface area contributed by atoms with Crippen LogP contribution in [0.15, 0.2) is 47.3 Å². The van der Waals surface area contributed by atoms with E-state index < -0.39 is 0 Å². The number of carbonyl (C=O) groups excluding carboxylic acids is 2. The lowest BCUT2D eigenvalue weighted by Crippen LogP contribution is -2.26. The third kappa shape index (κ3) is 4.81. The molecule has 0 bridgehead atoms. The lowest BCUT2D eigenvalue weighted by atomic mass is 10.1. The molecule has 0 fully saturated rings. The zero-order valence-electron chi connectivity index (χ0n) is 16.8. The number of ether oxygens (including phenoxy) is 1. The topological polar surface area (TPSA) is 80.3 Å². The molecule has 2 aromatic heterocycles. The Morgan fingerprint density at radius 2 is 1.93 bits per heavy atom. The molecule has 1 aromatic carbocycles. The van der Waals surface area contributed by atoms with Crippen LogP contribution in [0.1, 0.15) is 50.5 Å². The monoisotopic (exact) mass is 409 g/mol. The Bertz CT molecular complexity index is 1030. The molecule has 2 amide bonds. The van der Waals surface area contributed by atoms with Crippen molar-refractivity contribution in [2.45, 2.75) is 26.8 Å². The first kappa shape index (κ1) is 20.5. The van der Waals surface area contributed by atoms with Gasteiger partial charge in [0, 0.05) is 16.9 Å². The molecule has 2 heterocycles. The Kier molecular flexibility index (Phi) is 6.29. The Labute approximate surface area is 173 Å². The minimum atomic E-state index is -0.320. The highest BCUT2D eigenvalue weighted by atomic mass is 32.1. The van der Waals surface area contributed by atoms with Gasteiger partial charge in [0.25, 0.3) is 11.8 Å². The number of benzene rings is 1. The first-order valence-electron chi connectivity index (χ1n) is 9.14. The third-order valence-corrected chi connectivity index (χ3v) is 5.31. The van der Waals surface area contributed by atoms with Crippen molar-refractivity contribution < 1.29 is 14.3 Å². The second-order valence-electron chi connectivity index (χ2n) is 6.76. The number of methoxy groups -OCH3 is 1. The fraction of sp³-hybridized carbons (Fsp3) is 0.227. The standard InChI is InChI=1S/C22H23N3O3S/c1-13-5-6-16(21(26)24-15(3)17-7-8-29-12-17)10-19(13)25-22(27)18-9-14(2)23-11-20(18)28-4/h5-12,15H,1-4H3,(H,24,26)(H,25,27). The summed E-state index contributed by atoms with van der Waals surface area (Å²) in [4.78, 5) is 29.6. The third-order valence-electron chi connectivity index (χ3n) is 4.61. The van der Waals surface area contributed by atoms with Crippen LogP contribution in [0.25, 0.3) is 0 Å². The van der Waals surface area contributed by atoms with E-state index in [0.717, 1.165) is 11.1 Å². The van der Waals surface area contributed by atoms with E-state index in [2.05, 4.69) is 15.6 Å². The number of aryl methyl sites for hydroxylation is 2. The van der Waals surface area contributed by atoms with Gasteiger partial charge in [0.1, 0.15) is 5.75 Å². The summed E-state index contributed by atoms with van der Waals surface area (Å²) < 4.78 is 5.24. The summed E-state index contributed by atoms with van der Waals surface area (Å²) in [5.41, 5.74) is 4.06. The smallest absolute Gasteiger partial charge is 0.259 e. The van der Waals surface area contributed by atoms with E-state index >= 15 is 0 Å². The summed E-state index contributed by atoms with van der Waals surface area (Å²) in [7, 11) is 1.49. The molecule has 0 aliphatic carbocycles. The fourth-order valence-electron chi connectivity index (χ4n) is 2.86. The van der Waals surface area contributed by atoms with Gasteiger partial charge in [0.05, 0.1) is 24.9 Å². The second-order valence-corrected chi connectivity index (χ2v) is 7.54. The number of rotatable bonds is 6. The summed E-state index contributed by atoms with van der Waals surface area (Å²) in [5, 5.41) is 9.85. The van der Waals surface area contributed by atoms with Crippen molar-refractivity contribution in [1.29, 1.82) is 0 Å². The van der Waals surface area contributed by atoms with Crippen LogP contribution in [-0.2, 0) is 0 Å². The van der Waals surface area contributed by atoms with Crippen molar-refractivity contribution in [2.24, 2.45) is 0 Å². The highest BCUT2D eigenvalue weighted by molar-refractivity contribution is 7.08. The molecule has 7 heteroatoms. The molecule has 3 aromatic rings. The molecule has 0 radical (unpaired) electrons. The molecule has 0 saturated carbocycles. The number of anilines is 1. The summed E-state index contributed by atoms with van der Waals surface area (Å²) in [6, 6.07) is 8.80. The van der Waals surface area contributed by atoms with Crippen LogP contribution in [0.2, 0.25) is 0 Å². The molecule has 1 unspecified atom stereocenters. The molecule has 0 spiro atoms. The lowest BCUT2D eigenvalue weighted by Gasteiger charge is -2.15. The fourth-order valence-corrected chi connectivity index (χ4v) is 3.61. The van der Waals surface area contributed by atoms with Crippen LogP contribution in [0.5, 0.6) is 5.75 Å². The van der Waals surface area contributed by atoms with E-state index in [9.17, 15) is 9.59 Å². The molecule has 2 N–H and O–H groups in total. The molecule has 6 nitrogen and oxygen atoms in total. The quantitative estimate of drug-likeness (QED) is 0.628. The van der Waals surface area contributed by atoms with E-state index in [1.54, 1.807) is 36.5 Å². The number of amides is 2. The number of carbonyl (C=O) groups is 2. The van der Waals surface area contributed by atoms with Crippen molar-refractivity contribution in [3.05, 3.63) is 75.2 Å². The van der Waals surface area contributed by atoms with Crippen molar-refractivity contribution in [3.63, 3.8) is 0 Å². The molecule has 0 aliphatic heterocycles. The van der Waals surface area contributed by atoms with Gasteiger partial charge in [-0.3, -0.25) is 14.6 Å². The van der Waals surface area contributed by atoms with Gasteiger partial charge in [0.2, 0.25) is 0 Å². The molecular formula is C22H23N3O3S. The SMILES string of the molecule is COc1cnc(C)cc1C(=O)Nc1cc(C(=O)NC(C)c2ccsc2)ccc1C. The molecule has 0 saturated heterocycles. The molecule has 1 atom stereocenters. The maximum Gasteiger partial charge on any atom is 0.259 e. The van der Waals surface area contributed by atoms with Crippen molar-refractivity contribution in [1.82, 2.24) is 10.3 Å². The minimum Gasteiger partial charge on any atom is -0.494 e. The number of hydrogen-bond donors (Lipinski definition) is 2. The predicted octanol–water partition coefficient (Wildman–Crippen LogP) is 4.51. The van der Waals surface area contributed by atoms with Gasteiger partial charge in [-0.25, -0.2) is 0 Å². The first-order chi connectivity index (χ1) is 13.9. The van der Waals surface area contributed by atoms with Crippen LogP contribution >= 0.6 is 11.3 Å². The normalized spacial score (nSPS) is 11.6. The zero-order valence-corrected chi connectivity index (χ0v) is 17.6. The van der Waals surface area contributed by atoms with E-state index in [4.69, 9.17) is 4.74 Å². The van der Waals surface area contributed by atoms with Gasteiger partial charge in [-0.1, -0.05) is 6.07 Å². The Balaban J connectivity index is 1.79. The number of nitrogens with one attached hydrogen (secondary N) is 2. The van der Waals surface area contributed by atoms with Gasteiger partial charge >= 0.3 is 0 Å². The molecule has 150 valence electrons. The van der Waals surface area contributed by atoms with Gasteiger partial charge in [-0.2, -0.15) is 11.3 Å². The molecule has 29 heavy (non-hydrogen) atoms. The molecule has 3 rings (SSSR count). The van der Waals surface area contributed by atoms with Crippen LogP contribution in [-0.4, -0.2) is 23.9 Å². The number of aromatic nitrogens is 1. The number of thiophene rings is 1. The van der Waals surface area contributed by atoms with Gasteiger partial charge in [-0.15, -0.1) is 0 Å². The highest BCUT2D eigenvalue weighted by Crippen LogP contribution is 2.23. The maximum atomic E-state index is 12.8.